The molecule has 1 aliphatic rings. The van der Waals surface area contributed by atoms with Gasteiger partial charge in [-0.1, -0.05) is 34.1 Å². The maximum absolute atomic E-state index is 12.2. The van der Waals surface area contributed by atoms with E-state index in [0.717, 1.165) is 23.9 Å². The minimum Gasteiger partial charge on any atom is -0.356 e. The third-order valence-electron chi connectivity index (χ3n) is 4.71. The molecule has 0 saturated heterocycles. The number of sulfone groups is 1. The summed E-state index contributed by atoms with van der Waals surface area (Å²) >= 11 is 3.64. The van der Waals surface area contributed by atoms with Gasteiger partial charge >= 0.3 is 0 Å². The lowest BCUT2D eigenvalue weighted by Crippen LogP contribution is -2.44. The first-order chi connectivity index (χ1) is 11.6. The normalized spacial score (nSPS) is 17.2. The van der Waals surface area contributed by atoms with Crippen LogP contribution in [0.5, 0.6) is 0 Å². The molecule has 140 valence electrons. The number of nitrogens with one attached hydrogen (secondary N) is 2. The van der Waals surface area contributed by atoms with Gasteiger partial charge in [0.25, 0.3) is 0 Å². The summed E-state index contributed by atoms with van der Waals surface area (Å²) < 4.78 is 24.7. The Bertz CT molecular complexity index is 735. The molecule has 1 aliphatic carbocycles. The summed E-state index contributed by atoms with van der Waals surface area (Å²) in [5.41, 5.74) is 1.45. The van der Waals surface area contributed by atoms with Crippen molar-refractivity contribution in [1.82, 2.24) is 10.6 Å². The van der Waals surface area contributed by atoms with Crippen LogP contribution in [0.3, 0.4) is 0 Å². The number of halogens is 1. The summed E-state index contributed by atoms with van der Waals surface area (Å²) in [6.45, 7) is 6.31. The van der Waals surface area contributed by atoms with E-state index >= 15 is 0 Å². The molecule has 1 saturated carbocycles. The number of nitrogens with zero attached hydrogens (tertiary/aromatic N) is 1. The third-order valence-corrected chi connectivity index (χ3v) is 8.01. The Balaban J connectivity index is 1.89. The van der Waals surface area contributed by atoms with Crippen LogP contribution in [0.15, 0.2) is 33.7 Å². The van der Waals surface area contributed by atoms with Crippen LogP contribution in [0, 0.1) is 0 Å². The molecule has 0 amide bonds. The van der Waals surface area contributed by atoms with E-state index in [4.69, 9.17) is 0 Å². The van der Waals surface area contributed by atoms with E-state index in [-0.39, 0.29) is 11.2 Å². The zero-order chi connectivity index (χ0) is 18.7. The van der Waals surface area contributed by atoms with Crippen molar-refractivity contribution in [3.63, 3.8) is 0 Å². The highest BCUT2D eigenvalue weighted by atomic mass is 79.9. The number of hydrogen-bond acceptors (Lipinski definition) is 3. The fourth-order valence-corrected chi connectivity index (χ4v) is 4.36. The summed E-state index contributed by atoms with van der Waals surface area (Å²) in [4.78, 5) is 4.20. The van der Waals surface area contributed by atoms with Gasteiger partial charge in [-0.3, -0.25) is 4.99 Å². The van der Waals surface area contributed by atoms with Crippen molar-refractivity contribution in [2.45, 2.75) is 43.8 Å². The molecule has 7 heteroatoms. The summed E-state index contributed by atoms with van der Waals surface area (Å²) in [6, 6.07) is 8.31. The Morgan fingerprint density at radius 2 is 1.88 bits per heavy atom. The van der Waals surface area contributed by atoms with E-state index < -0.39 is 14.6 Å². The lowest BCUT2D eigenvalue weighted by Gasteiger charge is -2.21. The van der Waals surface area contributed by atoms with Crippen molar-refractivity contribution in [3.8, 4) is 0 Å². The molecule has 0 spiro atoms. The first-order valence-electron chi connectivity index (χ1n) is 8.53. The molecule has 0 heterocycles. The molecule has 25 heavy (non-hydrogen) atoms. The minimum absolute atomic E-state index is 0.0899. The lowest BCUT2D eigenvalue weighted by atomic mass is 9.96. The Morgan fingerprint density at radius 1 is 1.24 bits per heavy atom. The first-order valence-corrected chi connectivity index (χ1v) is 11.0. The van der Waals surface area contributed by atoms with E-state index in [1.165, 1.54) is 5.56 Å². The zero-order valence-corrected chi connectivity index (χ0v) is 17.8. The summed E-state index contributed by atoms with van der Waals surface area (Å²) in [5.74, 6) is 0.731. The standard InChI is InChI=1S/C18H28BrN3O2S/c1-17(2,3)25(23,24)12-11-21-16(20-4)22-13-18(9-10-18)14-7-5-6-8-15(14)19/h5-8H,9-13H2,1-4H3,(H2,20,21,22). The minimum atomic E-state index is -3.13. The average molecular weight is 430 g/mol. The van der Waals surface area contributed by atoms with Crippen LogP contribution < -0.4 is 10.6 Å². The van der Waals surface area contributed by atoms with Crippen LogP contribution in [-0.2, 0) is 15.3 Å². The van der Waals surface area contributed by atoms with Crippen molar-refractivity contribution in [1.29, 1.82) is 0 Å². The number of guanidine groups is 1. The van der Waals surface area contributed by atoms with Crippen LogP contribution in [0.4, 0.5) is 0 Å². The van der Waals surface area contributed by atoms with Crippen molar-refractivity contribution >= 4 is 31.7 Å². The molecule has 2 rings (SSSR count). The largest absolute Gasteiger partial charge is 0.356 e. The van der Waals surface area contributed by atoms with Crippen molar-refractivity contribution in [3.05, 3.63) is 34.3 Å². The van der Waals surface area contributed by atoms with Crippen LogP contribution in [0.25, 0.3) is 0 Å². The highest BCUT2D eigenvalue weighted by Crippen LogP contribution is 2.49. The second-order valence-electron chi connectivity index (χ2n) is 7.54. The molecule has 1 fully saturated rings. The second-order valence-corrected chi connectivity index (χ2v) is 11.3. The Morgan fingerprint density at radius 3 is 2.40 bits per heavy atom. The molecule has 0 radical (unpaired) electrons. The molecule has 0 atom stereocenters. The summed E-state index contributed by atoms with van der Waals surface area (Å²) in [7, 11) is -1.43. The quantitative estimate of drug-likeness (QED) is 0.538. The zero-order valence-electron chi connectivity index (χ0n) is 15.4. The van der Waals surface area contributed by atoms with E-state index in [1.54, 1.807) is 27.8 Å². The molecule has 5 nitrogen and oxygen atoms in total. The van der Waals surface area contributed by atoms with E-state index in [2.05, 4.69) is 49.8 Å². The maximum Gasteiger partial charge on any atom is 0.191 e. The first kappa shape index (κ1) is 20.2. The second kappa shape index (κ2) is 7.66. The van der Waals surface area contributed by atoms with Gasteiger partial charge in [0.2, 0.25) is 0 Å². The van der Waals surface area contributed by atoms with Gasteiger partial charge in [0, 0.05) is 30.0 Å². The van der Waals surface area contributed by atoms with E-state index in [1.807, 2.05) is 6.07 Å². The Labute approximate surface area is 159 Å². The Kier molecular flexibility index (Phi) is 6.20. The topological polar surface area (TPSA) is 70.6 Å². The average Bonchev–Trinajstić information content (AvgIpc) is 3.31. The van der Waals surface area contributed by atoms with Gasteiger partial charge in [-0.15, -0.1) is 0 Å². The number of rotatable bonds is 6. The van der Waals surface area contributed by atoms with Gasteiger partial charge in [-0.05, 0) is 45.2 Å². The van der Waals surface area contributed by atoms with Crippen LogP contribution in [0.1, 0.15) is 39.2 Å². The van der Waals surface area contributed by atoms with E-state index in [0.29, 0.717) is 12.5 Å². The van der Waals surface area contributed by atoms with Gasteiger partial charge in [0.05, 0.1) is 10.5 Å². The lowest BCUT2D eigenvalue weighted by molar-refractivity contribution is 0.558. The summed E-state index contributed by atoms with van der Waals surface area (Å²) in [5, 5.41) is 6.46. The SMILES string of the molecule is CN=C(NCCS(=O)(=O)C(C)(C)C)NCC1(c2ccccc2Br)CC1. The maximum atomic E-state index is 12.2. The molecule has 0 aromatic heterocycles. The molecule has 0 aliphatic heterocycles. The number of aliphatic imine (C=N–C) groups is 1. The smallest absolute Gasteiger partial charge is 0.191 e. The van der Waals surface area contributed by atoms with Crippen molar-refractivity contribution < 1.29 is 8.42 Å². The van der Waals surface area contributed by atoms with Gasteiger partial charge < -0.3 is 10.6 Å². The predicted octanol–water partition coefficient (Wildman–Crippen LogP) is 2.86. The predicted molar refractivity (Wildman–Crippen MR) is 108 cm³/mol. The van der Waals surface area contributed by atoms with Crippen molar-refractivity contribution in [2.75, 3.05) is 25.9 Å². The van der Waals surface area contributed by atoms with Gasteiger partial charge in [0.1, 0.15) is 0 Å². The Hall–Kier alpha value is -1.08. The molecular formula is C18H28BrN3O2S. The molecule has 2 N–H and O–H groups in total. The fourth-order valence-electron chi connectivity index (χ4n) is 2.67. The molecule has 0 unspecified atom stereocenters. The number of hydrogen-bond donors (Lipinski definition) is 2. The van der Waals surface area contributed by atoms with Crippen LogP contribution in [0.2, 0.25) is 0 Å². The van der Waals surface area contributed by atoms with Gasteiger partial charge in [-0.25, -0.2) is 8.42 Å². The number of benzene rings is 1. The molecule has 1 aromatic rings. The molecule has 1 aromatic carbocycles. The third kappa shape index (κ3) is 4.97. The molecular weight excluding hydrogens is 402 g/mol. The van der Waals surface area contributed by atoms with Crippen LogP contribution in [-0.4, -0.2) is 45.0 Å². The van der Waals surface area contributed by atoms with Crippen LogP contribution >= 0.6 is 15.9 Å². The fraction of sp³-hybridized carbons (Fsp3) is 0.611. The van der Waals surface area contributed by atoms with Gasteiger partial charge in [0.15, 0.2) is 15.8 Å². The van der Waals surface area contributed by atoms with Crippen molar-refractivity contribution in [2.24, 2.45) is 4.99 Å². The highest BCUT2D eigenvalue weighted by molar-refractivity contribution is 9.10. The molecule has 0 bridgehead atoms. The van der Waals surface area contributed by atoms with E-state index in [9.17, 15) is 8.42 Å². The van der Waals surface area contributed by atoms with Gasteiger partial charge in [-0.2, -0.15) is 0 Å². The highest BCUT2D eigenvalue weighted by Gasteiger charge is 2.45. The monoisotopic (exact) mass is 429 g/mol. The summed E-state index contributed by atoms with van der Waals surface area (Å²) in [6.07, 6.45) is 2.27.